The lowest BCUT2D eigenvalue weighted by atomic mass is 9.96. The summed E-state index contributed by atoms with van der Waals surface area (Å²) in [6.07, 6.45) is 0.530. The van der Waals surface area contributed by atoms with Crippen LogP contribution in [0.3, 0.4) is 0 Å². The Morgan fingerprint density at radius 3 is 2.78 bits per heavy atom. The lowest BCUT2D eigenvalue weighted by Crippen LogP contribution is -2.33. The van der Waals surface area contributed by atoms with Crippen LogP contribution in [0, 0.1) is 29.0 Å². The summed E-state index contributed by atoms with van der Waals surface area (Å²) in [4.78, 5) is 29.1. The maximum atomic E-state index is 14.9. The molecule has 3 fully saturated rings. The van der Waals surface area contributed by atoms with Crippen molar-refractivity contribution in [1.82, 2.24) is 15.6 Å². The maximum absolute atomic E-state index is 14.9. The summed E-state index contributed by atoms with van der Waals surface area (Å²) < 4.78 is 20.2. The number of ether oxygens (including phenoxy) is 1. The SMILES string of the molecule is CC(=O)NC[C@H]1CN(c2ccc(-c3ccc(C4(C#N)[C@@H]5CNC[C@@H]54)nc3)c(F)c2)C(=O)O1. The standard InChI is InChI=1S/C23H22FN5O3/c1-13(30)27-8-16-11-29(22(31)32-16)15-3-4-17(20(24)6-15)14-2-5-21(28-7-14)23(12-25)18-9-26-10-19(18)23/h2-7,16,18-19,26H,8-11H2,1H3,(H,27,30)/t16-,18-,19+,23?/m0/s1. The van der Waals surface area contributed by atoms with Crippen LogP contribution in [-0.4, -0.2) is 49.3 Å². The number of halogens is 1. The average Bonchev–Trinajstić information content (AvgIpc) is 3.09. The Morgan fingerprint density at radius 1 is 1.38 bits per heavy atom. The normalized spacial score (nSPS) is 28.1. The molecule has 5 rings (SSSR count). The molecule has 4 atom stereocenters. The molecule has 0 radical (unpaired) electrons. The molecule has 8 nitrogen and oxygen atoms in total. The molecule has 1 aromatic heterocycles. The molecule has 2 amide bonds. The monoisotopic (exact) mass is 435 g/mol. The van der Waals surface area contributed by atoms with Crippen LogP contribution in [0.15, 0.2) is 36.5 Å². The van der Waals surface area contributed by atoms with Gasteiger partial charge in [-0.2, -0.15) is 5.26 Å². The highest BCUT2D eigenvalue weighted by molar-refractivity contribution is 5.90. The minimum absolute atomic E-state index is 0.206. The van der Waals surface area contributed by atoms with Crippen molar-refractivity contribution >= 4 is 17.7 Å². The predicted octanol–water partition coefficient (Wildman–Crippen LogP) is 1.96. The summed E-state index contributed by atoms with van der Waals surface area (Å²) in [5.74, 6) is -0.123. The molecule has 9 heteroatoms. The number of nitrogens with zero attached hydrogens (tertiary/aromatic N) is 3. The van der Waals surface area contributed by atoms with Gasteiger partial charge in [0.2, 0.25) is 5.91 Å². The number of carbonyl (C=O) groups is 2. The highest BCUT2D eigenvalue weighted by Crippen LogP contribution is 2.60. The van der Waals surface area contributed by atoms with Crippen molar-refractivity contribution < 1.29 is 18.7 Å². The molecule has 3 aliphatic rings. The van der Waals surface area contributed by atoms with Gasteiger partial charge in [0.05, 0.1) is 30.5 Å². The minimum atomic E-state index is -0.579. The number of aromatic nitrogens is 1. The summed E-state index contributed by atoms with van der Waals surface area (Å²) in [6.45, 7) is 3.46. The molecule has 2 saturated heterocycles. The van der Waals surface area contributed by atoms with Crippen molar-refractivity contribution in [3.8, 4) is 17.2 Å². The van der Waals surface area contributed by atoms with Gasteiger partial charge in [0.15, 0.2) is 0 Å². The van der Waals surface area contributed by atoms with E-state index in [0.29, 0.717) is 16.8 Å². The van der Waals surface area contributed by atoms with E-state index < -0.39 is 23.4 Å². The van der Waals surface area contributed by atoms with Crippen molar-refractivity contribution in [3.05, 3.63) is 48.0 Å². The van der Waals surface area contributed by atoms with E-state index in [2.05, 4.69) is 21.7 Å². The van der Waals surface area contributed by atoms with E-state index in [4.69, 9.17) is 4.74 Å². The molecule has 32 heavy (non-hydrogen) atoms. The summed E-state index contributed by atoms with van der Waals surface area (Å²) in [6, 6.07) is 10.6. The molecule has 164 valence electrons. The number of benzene rings is 1. The van der Waals surface area contributed by atoms with E-state index in [9.17, 15) is 19.2 Å². The Morgan fingerprint density at radius 2 is 2.16 bits per heavy atom. The molecule has 2 N–H and O–H groups in total. The Balaban J connectivity index is 1.32. The zero-order valence-electron chi connectivity index (χ0n) is 17.5. The number of nitrogens with one attached hydrogen (secondary N) is 2. The number of rotatable bonds is 5. The van der Waals surface area contributed by atoms with E-state index in [1.165, 1.54) is 17.9 Å². The zero-order valence-corrected chi connectivity index (χ0v) is 17.5. The third-order valence-electron chi connectivity index (χ3n) is 6.68. The second kappa shape index (κ2) is 7.57. The lowest BCUT2D eigenvalue weighted by Gasteiger charge is -2.15. The first-order valence-corrected chi connectivity index (χ1v) is 10.5. The third-order valence-corrected chi connectivity index (χ3v) is 6.68. The second-order valence-electron chi connectivity index (χ2n) is 8.50. The molecule has 3 heterocycles. The van der Waals surface area contributed by atoms with Crippen molar-refractivity contribution in [3.63, 3.8) is 0 Å². The van der Waals surface area contributed by atoms with Gasteiger partial charge in [0, 0.05) is 49.2 Å². The predicted molar refractivity (Wildman–Crippen MR) is 113 cm³/mol. The molecule has 0 bridgehead atoms. The van der Waals surface area contributed by atoms with Crippen LogP contribution in [0.1, 0.15) is 12.6 Å². The van der Waals surface area contributed by atoms with E-state index >= 15 is 0 Å². The van der Waals surface area contributed by atoms with Gasteiger partial charge in [-0.1, -0.05) is 6.07 Å². The number of cyclic esters (lactones) is 1. The first-order chi connectivity index (χ1) is 15.4. The highest BCUT2D eigenvalue weighted by Gasteiger charge is 2.69. The molecular formula is C23H22FN5O3. The van der Waals surface area contributed by atoms with Crippen LogP contribution in [-0.2, 0) is 14.9 Å². The topological polar surface area (TPSA) is 107 Å². The molecule has 1 aromatic carbocycles. The van der Waals surface area contributed by atoms with Crippen LogP contribution in [0.4, 0.5) is 14.9 Å². The Kier molecular flexibility index (Phi) is 4.82. The van der Waals surface area contributed by atoms with Gasteiger partial charge in [-0.3, -0.25) is 14.7 Å². The Hall–Kier alpha value is -3.51. The number of anilines is 1. The van der Waals surface area contributed by atoms with Crippen molar-refractivity contribution in [2.24, 2.45) is 11.8 Å². The first-order valence-electron chi connectivity index (χ1n) is 10.5. The summed E-state index contributed by atoms with van der Waals surface area (Å²) >= 11 is 0. The summed E-state index contributed by atoms with van der Waals surface area (Å²) in [5.41, 5.74) is 1.55. The van der Waals surface area contributed by atoms with Gasteiger partial charge < -0.3 is 15.4 Å². The smallest absolute Gasteiger partial charge is 0.414 e. The number of hydrogen-bond donors (Lipinski definition) is 2. The second-order valence-corrected chi connectivity index (χ2v) is 8.50. The van der Waals surface area contributed by atoms with Crippen LogP contribution < -0.4 is 15.5 Å². The van der Waals surface area contributed by atoms with Gasteiger partial charge in [0.25, 0.3) is 0 Å². The number of carbonyl (C=O) groups excluding carboxylic acids is 2. The number of fused-ring (bicyclic) bond motifs is 1. The Labute approximate surface area is 184 Å². The van der Waals surface area contributed by atoms with Gasteiger partial charge in [0.1, 0.15) is 17.3 Å². The van der Waals surface area contributed by atoms with E-state index in [-0.39, 0.29) is 30.8 Å². The number of nitriles is 1. The first kappa shape index (κ1) is 20.4. The maximum Gasteiger partial charge on any atom is 0.414 e. The van der Waals surface area contributed by atoms with Gasteiger partial charge >= 0.3 is 6.09 Å². The van der Waals surface area contributed by atoms with E-state index in [0.717, 1.165) is 18.8 Å². The quantitative estimate of drug-likeness (QED) is 0.744. The van der Waals surface area contributed by atoms with Crippen LogP contribution in [0.5, 0.6) is 0 Å². The van der Waals surface area contributed by atoms with Gasteiger partial charge in [-0.15, -0.1) is 0 Å². The third kappa shape index (κ3) is 3.19. The van der Waals surface area contributed by atoms with Gasteiger partial charge in [-0.05, 0) is 24.3 Å². The van der Waals surface area contributed by atoms with E-state index in [1.54, 1.807) is 24.4 Å². The molecule has 2 aromatic rings. The minimum Gasteiger partial charge on any atom is -0.442 e. The Bertz CT molecular complexity index is 1120. The van der Waals surface area contributed by atoms with Crippen molar-refractivity contribution in [1.29, 1.82) is 5.26 Å². The van der Waals surface area contributed by atoms with Crippen LogP contribution in [0.2, 0.25) is 0 Å². The highest BCUT2D eigenvalue weighted by atomic mass is 19.1. The largest absolute Gasteiger partial charge is 0.442 e. The summed E-state index contributed by atoms with van der Waals surface area (Å²) in [5, 5.41) is 15.6. The number of hydrogen-bond acceptors (Lipinski definition) is 6. The molecule has 1 unspecified atom stereocenters. The van der Waals surface area contributed by atoms with E-state index in [1.807, 2.05) is 6.07 Å². The number of piperidine rings is 1. The average molecular weight is 435 g/mol. The lowest BCUT2D eigenvalue weighted by molar-refractivity contribution is -0.119. The molecule has 1 aliphatic carbocycles. The fourth-order valence-corrected chi connectivity index (χ4v) is 4.94. The molecule has 1 saturated carbocycles. The molecule has 0 spiro atoms. The zero-order chi connectivity index (χ0) is 22.5. The number of amides is 2. The summed E-state index contributed by atoms with van der Waals surface area (Å²) in [7, 11) is 0. The molecule has 2 aliphatic heterocycles. The van der Waals surface area contributed by atoms with Crippen molar-refractivity contribution in [2.45, 2.75) is 18.4 Å². The number of pyridine rings is 1. The molecular weight excluding hydrogens is 413 g/mol. The van der Waals surface area contributed by atoms with Crippen LogP contribution >= 0.6 is 0 Å². The van der Waals surface area contributed by atoms with Crippen LogP contribution in [0.25, 0.3) is 11.1 Å². The van der Waals surface area contributed by atoms with Gasteiger partial charge in [-0.25, -0.2) is 9.18 Å². The fourth-order valence-electron chi connectivity index (χ4n) is 4.94. The fraction of sp³-hybridized carbons (Fsp3) is 0.391. The van der Waals surface area contributed by atoms with Crippen molar-refractivity contribution in [2.75, 3.05) is 31.1 Å².